The maximum absolute atomic E-state index is 13.1. The SMILES string of the molecule is Cc1c(N)cccc1C(=O)N1CC(O)C[C@H]1C(=O)NCc1ccc(-c2cnco2)cc1. The Labute approximate surface area is 179 Å². The number of hydrogen-bond donors (Lipinski definition) is 3. The standard InChI is InChI=1S/C23H24N4O4/c1-14-18(3-2-4-19(14)24)23(30)27-12-17(28)9-20(27)22(29)26-10-15-5-7-16(8-6-15)21-11-25-13-31-21/h2-8,11,13,17,20,28H,9-10,12,24H2,1H3,(H,26,29)/t17?,20-/m0/s1. The predicted molar refractivity (Wildman–Crippen MR) is 115 cm³/mol. The number of aromatic nitrogens is 1. The van der Waals surface area contributed by atoms with Gasteiger partial charge in [-0.2, -0.15) is 0 Å². The molecule has 2 aromatic carbocycles. The van der Waals surface area contributed by atoms with Crippen LogP contribution in [-0.4, -0.2) is 45.5 Å². The van der Waals surface area contributed by atoms with E-state index >= 15 is 0 Å². The highest BCUT2D eigenvalue weighted by atomic mass is 16.3. The molecule has 4 N–H and O–H groups in total. The van der Waals surface area contributed by atoms with Crippen molar-refractivity contribution in [2.24, 2.45) is 0 Å². The lowest BCUT2D eigenvalue weighted by molar-refractivity contribution is -0.125. The summed E-state index contributed by atoms with van der Waals surface area (Å²) in [6.07, 6.45) is 2.46. The Morgan fingerprint density at radius 1 is 1.26 bits per heavy atom. The van der Waals surface area contributed by atoms with Crippen molar-refractivity contribution >= 4 is 17.5 Å². The fourth-order valence-corrected chi connectivity index (χ4v) is 3.78. The van der Waals surface area contributed by atoms with E-state index in [1.807, 2.05) is 24.3 Å². The molecule has 0 bridgehead atoms. The molecule has 1 aliphatic rings. The third-order valence-corrected chi connectivity index (χ3v) is 5.59. The third-order valence-electron chi connectivity index (χ3n) is 5.59. The van der Waals surface area contributed by atoms with Crippen LogP contribution in [0.15, 0.2) is 59.5 Å². The number of nitrogens with two attached hydrogens (primary N) is 1. The topological polar surface area (TPSA) is 122 Å². The second kappa shape index (κ2) is 8.61. The quantitative estimate of drug-likeness (QED) is 0.544. The molecule has 160 valence electrons. The van der Waals surface area contributed by atoms with E-state index in [0.717, 1.165) is 11.1 Å². The lowest BCUT2D eigenvalue weighted by Crippen LogP contribution is -2.46. The molecular weight excluding hydrogens is 396 g/mol. The number of aliphatic hydroxyl groups is 1. The van der Waals surface area contributed by atoms with Crippen molar-refractivity contribution in [3.8, 4) is 11.3 Å². The van der Waals surface area contributed by atoms with Crippen LogP contribution >= 0.6 is 0 Å². The predicted octanol–water partition coefficient (Wildman–Crippen LogP) is 2.12. The van der Waals surface area contributed by atoms with Gasteiger partial charge in [-0.15, -0.1) is 0 Å². The summed E-state index contributed by atoms with van der Waals surface area (Å²) in [4.78, 5) is 31.2. The Kier molecular flexibility index (Phi) is 5.73. The molecule has 8 nitrogen and oxygen atoms in total. The Morgan fingerprint density at radius 2 is 2.03 bits per heavy atom. The van der Waals surface area contributed by atoms with Crippen LogP contribution < -0.4 is 11.1 Å². The van der Waals surface area contributed by atoms with Gasteiger partial charge in [0.2, 0.25) is 5.91 Å². The van der Waals surface area contributed by atoms with Crippen LogP contribution in [0.4, 0.5) is 5.69 Å². The fraction of sp³-hybridized carbons (Fsp3) is 0.261. The maximum Gasteiger partial charge on any atom is 0.254 e. The number of carbonyl (C=O) groups excluding carboxylic acids is 2. The number of aliphatic hydroxyl groups excluding tert-OH is 1. The molecular formula is C23H24N4O4. The van der Waals surface area contributed by atoms with Crippen LogP contribution in [0.1, 0.15) is 27.9 Å². The summed E-state index contributed by atoms with van der Waals surface area (Å²) in [7, 11) is 0. The van der Waals surface area contributed by atoms with Crippen LogP contribution in [-0.2, 0) is 11.3 Å². The van der Waals surface area contributed by atoms with Crippen LogP contribution in [0.3, 0.4) is 0 Å². The first-order chi connectivity index (χ1) is 14.9. The van der Waals surface area contributed by atoms with E-state index in [4.69, 9.17) is 10.2 Å². The first kappa shape index (κ1) is 20.6. The van der Waals surface area contributed by atoms with Crippen molar-refractivity contribution in [1.82, 2.24) is 15.2 Å². The van der Waals surface area contributed by atoms with Crippen molar-refractivity contribution < 1.29 is 19.1 Å². The zero-order valence-corrected chi connectivity index (χ0v) is 17.1. The molecule has 4 rings (SSSR count). The molecule has 2 atom stereocenters. The lowest BCUT2D eigenvalue weighted by atomic mass is 10.0. The van der Waals surface area contributed by atoms with Gasteiger partial charge in [-0.3, -0.25) is 9.59 Å². The van der Waals surface area contributed by atoms with E-state index in [-0.39, 0.29) is 24.8 Å². The molecule has 0 aliphatic carbocycles. The highest BCUT2D eigenvalue weighted by molar-refractivity contribution is 6.00. The van der Waals surface area contributed by atoms with E-state index in [1.165, 1.54) is 11.3 Å². The summed E-state index contributed by atoms with van der Waals surface area (Å²) in [5.74, 6) is 0.0604. The molecule has 1 unspecified atom stereocenters. The van der Waals surface area contributed by atoms with E-state index in [9.17, 15) is 14.7 Å². The fourth-order valence-electron chi connectivity index (χ4n) is 3.78. The van der Waals surface area contributed by atoms with Gasteiger partial charge in [0, 0.05) is 36.3 Å². The molecule has 0 radical (unpaired) electrons. The smallest absolute Gasteiger partial charge is 0.254 e. The number of amides is 2. The Morgan fingerprint density at radius 3 is 2.74 bits per heavy atom. The van der Waals surface area contributed by atoms with Gasteiger partial charge in [-0.05, 0) is 30.2 Å². The largest absolute Gasteiger partial charge is 0.444 e. The number of oxazole rings is 1. The van der Waals surface area contributed by atoms with Gasteiger partial charge in [-0.1, -0.05) is 30.3 Å². The minimum atomic E-state index is -0.748. The second-order valence-electron chi connectivity index (χ2n) is 7.66. The summed E-state index contributed by atoms with van der Waals surface area (Å²) < 4.78 is 5.27. The van der Waals surface area contributed by atoms with Gasteiger partial charge >= 0.3 is 0 Å². The number of anilines is 1. The minimum Gasteiger partial charge on any atom is -0.444 e. The van der Waals surface area contributed by atoms with Gasteiger partial charge in [0.05, 0.1) is 12.3 Å². The zero-order valence-electron chi connectivity index (χ0n) is 17.1. The maximum atomic E-state index is 13.1. The van der Waals surface area contributed by atoms with Crippen molar-refractivity contribution in [3.63, 3.8) is 0 Å². The van der Waals surface area contributed by atoms with Crippen LogP contribution in [0.25, 0.3) is 11.3 Å². The molecule has 8 heteroatoms. The first-order valence-corrected chi connectivity index (χ1v) is 10.0. The average Bonchev–Trinajstić information content (AvgIpc) is 3.44. The molecule has 2 heterocycles. The number of carbonyl (C=O) groups is 2. The lowest BCUT2D eigenvalue weighted by Gasteiger charge is -2.24. The van der Waals surface area contributed by atoms with Gasteiger partial charge in [0.15, 0.2) is 12.2 Å². The molecule has 1 fully saturated rings. The van der Waals surface area contributed by atoms with Crippen LogP contribution in [0.5, 0.6) is 0 Å². The molecule has 1 saturated heterocycles. The molecule has 1 aromatic heterocycles. The summed E-state index contributed by atoms with van der Waals surface area (Å²) in [5.41, 5.74) is 9.34. The van der Waals surface area contributed by atoms with Crippen molar-refractivity contribution in [1.29, 1.82) is 0 Å². The Hall–Kier alpha value is -3.65. The number of nitrogen functional groups attached to an aromatic ring is 1. The normalized spacial score (nSPS) is 18.2. The van der Waals surface area contributed by atoms with E-state index in [0.29, 0.717) is 29.1 Å². The molecule has 0 spiro atoms. The van der Waals surface area contributed by atoms with E-state index < -0.39 is 12.1 Å². The van der Waals surface area contributed by atoms with Gasteiger partial charge in [-0.25, -0.2) is 4.98 Å². The summed E-state index contributed by atoms with van der Waals surface area (Å²) in [5, 5.41) is 13.0. The summed E-state index contributed by atoms with van der Waals surface area (Å²) in [6, 6.07) is 11.9. The summed E-state index contributed by atoms with van der Waals surface area (Å²) in [6.45, 7) is 2.19. The first-order valence-electron chi connectivity index (χ1n) is 10.0. The number of likely N-dealkylation sites (tertiary alicyclic amines) is 1. The minimum absolute atomic E-state index is 0.108. The number of nitrogens with one attached hydrogen (secondary N) is 1. The Bertz CT molecular complexity index is 1080. The van der Waals surface area contributed by atoms with Crippen molar-refractivity contribution in [2.45, 2.75) is 32.0 Å². The van der Waals surface area contributed by atoms with E-state index in [1.54, 1.807) is 31.3 Å². The van der Waals surface area contributed by atoms with Crippen LogP contribution in [0.2, 0.25) is 0 Å². The van der Waals surface area contributed by atoms with Crippen LogP contribution in [0, 0.1) is 6.92 Å². The molecule has 1 aliphatic heterocycles. The highest BCUT2D eigenvalue weighted by Gasteiger charge is 2.39. The number of nitrogens with zero attached hydrogens (tertiary/aromatic N) is 2. The van der Waals surface area contributed by atoms with Gasteiger partial charge in [0.25, 0.3) is 5.91 Å². The van der Waals surface area contributed by atoms with E-state index in [2.05, 4.69) is 10.3 Å². The van der Waals surface area contributed by atoms with Crippen molar-refractivity contribution in [3.05, 3.63) is 71.7 Å². The average molecular weight is 420 g/mol. The van der Waals surface area contributed by atoms with Gasteiger partial charge < -0.3 is 25.5 Å². The highest BCUT2D eigenvalue weighted by Crippen LogP contribution is 2.24. The molecule has 2 amide bonds. The molecule has 31 heavy (non-hydrogen) atoms. The molecule has 0 saturated carbocycles. The second-order valence-corrected chi connectivity index (χ2v) is 7.66. The van der Waals surface area contributed by atoms with Crippen molar-refractivity contribution in [2.75, 3.05) is 12.3 Å². The number of β-amino-alcohol motifs (C(OH)–C–C–N with tert-alkyl or cyclic N) is 1. The van der Waals surface area contributed by atoms with Gasteiger partial charge in [0.1, 0.15) is 6.04 Å². The molecule has 3 aromatic rings. The zero-order chi connectivity index (χ0) is 22.0. The number of benzene rings is 2. The summed E-state index contributed by atoms with van der Waals surface area (Å²) >= 11 is 0. The number of hydrogen-bond acceptors (Lipinski definition) is 6. The third kappa shape index (κ3) is 4.29. The Balaban J connectivity index is 1.43. The number of rotatable bonds is 5. The monoisotopic (exact) mass is 420 g/mol.